The quantitative estimate of drug-likeness (QED) is 0.580. The zero-order valence-corrected chi connectivity index (χ0v) is 8.34. The van der Waals surface area contributed by atoms with E-state index in [0.717, 1.165) is 0 Å². The summed E-state index contributed by atoms with van der Waals surface area (Å²) in [4.78, 5) is 5.15. The molecule has 0 aromatic heterocycles. The molecule has 2 rings (SSSR count). The molecular weight excluding hydrogens is 148 g/mol. The fraction of sp³-hybridized carbons (Fsp3) is 1.00. The summed E-state index contributed by atoms with van der Waals surface area (Å²) in [6, 6.07) is 0. The van der Waals surface area contributed by atoms with Crippen molar-refractivity contribution in [3.63, 3.8) is 0 Å². The van der Waals surface area contributed by atoms with Crippen LogP contribution in [0.15, 0.2) is 0 Å². The maximum atomic E-state index is 2.60. The molecule has 0 N–H and O–H groups in total. The van der Waals surface area contributed by atoms with Gasteiger partial charge in [-0.15, -0.1) is 0 Å². The van der Waals surface area contributed by atoms with E-state index in [4.69, 9.17) is 0 Å². The summed E-state index contributed by atoms with van der Waals surface area (Å²) in [6.45, 7) is 7.47. The lowest BCUT2D eigenvalue weighted by Gasteiger charge is -2.55. The fourth-order valence-corrected chi connectivity index (χ4v) is 2.64. The zero-order chi connectivity index (χ0) is 8.60. The summed E-state index contributed by atoms with van der Waals surface area (Å²) in [5.74, 6) is 0. The molecule has 0 aliphatic carbocycles. The van der Waals surface area contributed by atoms with Gasteiger partial charge < -0.3 is 4.90 Å². The van der Waals surface area contributed by atoms with Gasteiger partial charge in [0.15, 0.2) is 0 Å². The summed E-state index contributed by atoms with van der Waals surface area (Å²) >= 11 is 0. The molecule has 0 saturated carbocycles. The molecule has 2 nitrogen and oxygen atoms in total. The SMILES string of the molecule is CCN1CCCC2(CCN2C)C1. The molecule has 2 saturated heterocycles. The minimum absolute atomic E-state index is 0.592. The molecular formula is C10H20N2. The van der Waals surface area contributed by atoms with Crippen molar-refractivity contribution < 1.29 is 0 Å². The van der Waals surface area contributed by atoms with Crippen molar-refractivity contribution in [1.29, 1.82) is 0 Å². The van der Waals surface area contributed by atoms with Crippen LogP contribution in [-0.2, 0) is 0 Å². The summed E-state index contributed by atoms with van der Waals surface area (Å²) in [5, 5.41) is 0. The molecule has 2 aliphatic rings. The van der Waals surface area contributed by atoms with Crippen LogP contribution >= 0.6 is 0 Å². The van der Waals surface area contributed by atoms with Gasteiger partial charge in [0.2, 0.25) is 0 Å². The molecule has 12 heavy (non-hydrogen) atoms. The second-order valence-corrected chi connectivity index (χ2v) is 4.37. The number of rotatable bonds is 1. The van der Waals surface area contributed by atoms with E-state index >= 15 is 0 Å². The molecule has 0 radical (unpaired) electrons. The smallest absolute Gasteiger partial charge is 0.0346 e. The van der Waals surface area contributed by atoms with Crippen molar-refractivity contribution in [1.82, 2.24) is 9.80 Å². The van der Waals surface area contributed by atoms with Crippen molar-refractivity contribution in [2.24, 2.45) is 0 Å². The van der Waals surface area contributed by atoms with E-state index in [-0.39, 0.29) is 0 Å². The number of likely N-dealkylation sites (N-methyl/N-ethyl adjacent to an activating group) is 2. The molecule has 1 unspecified atom stereocenters. The number of hydrogen-bond acceptors (Lipinski definition) is 2. The second kappa shape index (κ2) is 3.00. The highest BCUT2D eigenvalue weighted by Crippen LogP contribution is 2.36. The van der Waals surface area contributed by atoms with Gasteiger partial charge in [0.05, 0.1) is 0 Å². The molecule has 1 atom stereocenters. The van der Waals surface area contributed by atoms with Crippen LogP contribution in [0.5, 0.6) is 0 Å². The van der Waals surface area contributed by atoms with Crippen molar-refractivity contribution >= 4 is 0 Å². The van der Waals surface area contributed by atoms with Gasteiger partial charge in [-0.25, -0.2) is 0 Å². The lowest BCUT2D eigenvalue weighted by atomic mass is 9.78. The van der Waals surface area contributed by atoms with Crippen molar-refractivity contribution in [2.45, 2.75) is 31.7 Å². The van der Waals surface area contributed by atoms with Crippen LogP contribution in [0, 0.1) is 0 Å². The van der Waals surface area contributed by atoms with Crippen LogP contribution in [0.1, 0.15) is 26.2 Å². The Kier molecular flexibility index (Phi) is 2.13. The van der Waals surface area contributed by atoms with E-state index in [1.165, 1.54) is 45.4 Å². The van der Waals surface area contributed by atoms with Crippen LogP contribution in [0.25, 0.3) is 0 Å². The van der Waals surface area contributed by atoms with Crippen molar-refractivity contribution in [3.05, 3.63) is 0 Å². The van der Waals surface area contributed by atoms with Crippen LogP contribution in [0.4, 0.5) is 0 Å². The monoisotopic (exact) mass is 168 g/mol. The van der Waals surface area contributed by atoms with Crippen LogP contribution in [0.3, 0.4) is 0 Å². The topological polar surface area (TPSA) is 6.48 Å². The first-order valence-electron chi connectivity index (χ1n) is 5.20. The third-order valence-electron chi connectivity index (χ3n) is 3.80. The second-order valence-electron chi connectivity index (χ2n) is 4.37. The van der Waals surface area contributed by atoms with Gasteiger partial charge in [0.1, 0.15) is 0 Å². The van der Waals surface area contributed by atoms with Crippen LogP contribution in [0.2, 0.25) is 0 Å². The average molecular weight is 168 g/mol. The van der Waals surface area contributed by atoms with Gasteiger partial charge in [-0.3, -0.25) is 4.90 Å². The minimum Gasteiger partial charge on any atom is -0.302 e. The Labute approximate surface area is 75.5 Å². The molecule has 2 fully saturated rings. The van der Waals surface area contributed by atoms with E-state index in [0.29, 0.717) is 5.54 Å². The molecule has 70 valence electrons. The maximum absolute atomic E-state index is 2.60. The largest absolute Gasteiger partial charge is 0.302 e. The van der Waals surface area contributed by atoms with Gasteiger partial charge >= 0.3 is 0 Å². The predicted octanol–water partition coefficient (Wildman–Crippen LogP) is 1.18. The van der Waals surface area contributed by atoms with Gasteiger partial charge in [0.25, 0.3) is 0 Å². The Bertz CT molecular complexity index is 169. The maximum Gasteiger partial charge on any atom is 0.0346 e. The number of piperidine rings is 1. The molecule has 2 heterocycles. The summed E-state index contributed by atoms with van der Waals surface area (Å²) in [6.07, 6.45) is 4.26. The minimum atomic E-state index is 0.592. The Balaban J connectivity index is 1.98. The van der Waals surface area contributed by atoms with E-state index in [1.54, 1.807) is 0 Å². The number of likely N-dealkylation sites (tertiary alicyclic amines) is 2. The summed E-state index contributed by atoms with van der Waals surface area (Å²) in [7, 11) is 2.28. The lowest BCUT2D eigenvalue weighted by Crippen LogP contribution is -2.65. The summed E-state index contributed by atoms with van der Waals surface area (Å²) in [5.41, 5.74) is 0.592. The first-order chi connectivity index (χ1) is 5.77. The zero-order valence-electron chi connectivity index (χ0n) is 8.34. The molecule has 0 bridgehead atoms. The first kappa shape index (κ1) is 8.52. The van der Waals surface area contributed by atoms with E-state index in [1.807, 2.05) is 0 Å². The molecule has 0 aromatic rings. The van der Waals surface area contributed by atoms with Gasteiger partial charge in [0, 0.05) is 18.6 Å². The van der Waals surface area contributed by atoms with Crippen molar-refractivity contribution in [3.8, 4) is 0 Å². The molecule has 2 heteroatoms. The van der Waals surface area contributed by atoms with E-state index < -0.39 is 0 Å². The Morgan fingerprint density at radius 3 is 2.58 bits per heavy atom. The van der Waals surface area contributed by atoms with Crippen molar-refractivity contribution in [2.75, 3.05) is 33.2 Å². The third kappa shape index (κ3) is 1.17. The average Bonchev–Trinajstić information content (AvgIpc) is 2.15. The number of hydrogen-bond donors (Lipinski definition) is 0. The third-order valence-corrected chi connectivity index (χ3v) is 3.80. The summed E-state index contributed by atoms with van der Waals surface area (Å²) < 4.78 is 0. The van der Waals surface area contributed by atoms with Gasteiger partial charge in [-0.1, -0.05) is 6.92 Å². The molecule has 1 spiro atoms. The standard InChI is InChI=1S/C10H20N2/c1-3-12-7-4-5-10(9-12)6-8-11(10)2/h3-9H2,1-2H3. The Morgan fingerprint density at radius 1 is 1.25 bits per heavy atom. The predicted molar refractivity (Wildman–Crippen MR) is 51.3 cm³/mol. The first-order valence-corrected chi connectivity index (χ1v) is 5.20. The highest BCUT2D eigenvalue weighted by Gasteiger charge is 2.44. The highest BCUT2D eigenvalue weighted by molar-refractivity contribution is 5.02. The molecule has 0 aromatic carbocycles. The Hall–Kier alpha value is -0.0800. The highest BCUT2D eigenvalue weighted by atomic mass is 15.3. The van der Waals surface area contributed by atoms with Crippen LogP contribution < -0.4 is 0 Å². The fourth-order valence-electron chi connectivity index (χ4n) is 2.64. The van der Waals surface area contributed by atoms with E-state index in [9.17, 15) is 0 Å². The molecule has 0 amide bonds. The van der Waals surface area contributed by atoms with Gasteiger partial charge in [-0.05, 0) is 39.4 Å². The van der Waals surface area contributed by atoms with Gasteiger partial charge in [-0.2, -0.15) is 0 Å². The van der Waals surface area contributed by atoms with Crippen LogP contribution in [-0.4, -0.2) is 48.6 Å². The molecule has 2 aliphatic heterocycles. The number of nitrogens with zero attached hydrogens (tertiary/aromatic N) is 2. The normalized spacial score (nSPS) is 38.5. The Morgan fingerprint density at radius 2 is 2.08 bits per heavy atom. The lowest BCUT2D eigenvalue weighted by molar-refractivity contribution is -0.0462. The van der Waals surface area contributed by atoms with E-state index in [2.05, 4.69) is 23.8 Å².